The number of carbonyl (C=O) groups excluding carboxylic acids is 1. The first kappa shape index (κ1) is 14.5. The molecule has 0 unspecified atom stereocenters. The van der Waals surface area contributed by atoms with Crippen LogP contribution in [0.2, 0.25) is 5.02 Å². The number of nitrogens with two attached hydrogens (primary N) is 1. The summed E-state index contributed by atoms with van der Waals surface area (Å²) in [6.45, 7) is 4.21. The number of nitrogens with one attached hydrogen (secondary N) is 1. The molecule has 0 radical (unpaired) electrons. The summed E-state index contributed by atoms with van der Waals surface area (Å²) in [5.74, 6) is -0.215. The summed E-state index contributed by atoms with van der Waals surface area (Å²) in [5.41, 5.74) is 8.68. The molecule has 3 N–H and O–H groups in total. The minimum Gasteiger partial charge on any atom is -0.325 e. The molecule has 0 aliphatic rings. The molecular weight excluding hydrogens is 278 g/mol. The summed E-state index contributed by atoms with van der Waals surface area (Å²) in [6, 6.07) is 3.77. The van der Waals surface area contributed by atoms with Crippen molar-refractivity contribution in [2.45, 2.75) is 26.9 Å². The highest BCUT2D eigenvalue weighted by Crippen LogP contribution is 2.27. The van der Waals surface area contributed by atoms with Gasteiger partial charge in [0.15, 0.2) is 0 Å². The van der Waals surface area contributed by atoms with Gasteiger partial charge in [-0.2, -0.15) is 0 Å². The second-order valence-electron chi connectivity index (χ2n) is 4.60. The van der Waals surface area contributed by atoms with Gasteiger partial charge in [-0.15, -0.1) is 5.10 Å². The van der Waals surface area contributed by atoms with E-state index in [1.807, 2.05) is 26.0 Å². The van der Waals surface area contributed by atoms with Crippen molar-refractivity contribution in [2.24, 2.45) is 5.73 Å². The lowest BCUT2D eigenvalue weighted by Crippen LogP contribution is -2.20. The van der Waals surface area contributed by atoms with Crippen molar-refractivity contribution in [2.75, 3.05) is 5.32 Å². The summed E-state index contributed by atoms with van der Waals surface area (Å²) < 4.78 is 1.44. The number of aromatic nitrogens is 3. The Kier molecular flexibility index (Phi) is 4.36. The van der Waals surface area contributed by atoms with Crippen LogP contribution in [0.3, 0.4) is 0 Å². The average molecular weight is 294 g/mol. The zero-order chi connectivity index (χ0) is 14.7. The number of nitrogens with zero attached hydrogens (tertiary/aromatic N) is 3. The SMILES string of the molecule is Cc1cc(C)c(NC(=O)Cn2cc(CN)nn2)c(Cl)c1. The predicted molar refractivity (Wildman–Crippen MR) is 77.5 cm³/mol. The van der Waals surface area contributed by atoms with E-state index in [0.717, 1.165) is 11.1 Å². The zero-order valence-electron chi connectivity index (χ0n) is 11.4. The van der Waals surface area contributed by atoms with E-state index in [1.54, 1.807) is 6.20 Å². The minimum absolute atomic E-state index is 0.0661. The fourth-order valence-corrected chi connectivity index (χ4v) is 2.28. The lowest BCUT2D eigenvalue weighted by molar-refractivity contribution is -0.116. The third-order valence-electron chi connectivity index (χ3n) is 2.80. The molecule has 1 aromatic carbocycles. The molecule has 2 aromatic rings. The number of amides is 1. The van der Waals surface area contributed by atoms with Gasteiger partial charge >= 0.3 is 0 Å². The predicted octanol–water partition coefficient (Wildman–Crippen LogP) is 1.65. The molecule has 0 fully saturated rings. The van der Waals surface area contributed by atoms with Crippen LogP contribution in [-0.2, 0) is 17.9 Å². The fourth-order valence-electron chi connectivity index (χ4n) is 1.91. The first-order valence-electron chi connectivity index (χ1n) is 6.15. The maximum Gasteiger partial charge on any atom is 0.246 e. The minimum atomic E-state index is -0.215. The van der Waals surface area contributed by atoms with Crippen molar-refractivity contribution in [1.82, 2.24) is 15.0 Å². The highest BCUT2D eigenvalue weighted by molar-refractivity contribution is 6.34. The van der Waals surface area contributed by atoms with Gasteiger partial charge in [0, 0.05) is 6.54 Å². The number of aryl methyl sites for hydroxylation is 2. The molecule has 20 heavy (non-hydrogen) atoms. The first-order valence-corrected chi connectivity index (χ1v) is 6.53. The van der Waals surface area contributed by atoms with Crippen LogP contribution in [0.4, 0.5) is 5.69 Å². The molecule has 6 nitrogen and oxygen atoms in total. The van der Waals surface area contributed by atoms with Gasteiger partial charge in [0.1, 0.15) is 6.54 Å². The smallest absolute Gasteiger partial charge is 0.246 e. The molecule has 0 aliphatic carbocycles. The molecule has 1 amide bonds. The van der Waals surface area contributed by atoms with E-state index in [2.05, 4.69) is 15.6 Å². The monoisotopic (exact) mass is 293 g/mol. The standard InChI is InChI=1S/C13H16ClN5O/c1-8-3-9(2)13(11(14)4-8)16-12(20)7-19-6-10(5-15)17-18-19/h3-4,6H,5,7,15H2,1-2H3,(H,16,20). The molecule has 0 spiro atoms. The van der Waals surface area contributed by atoms with E-state index in [-0.39, 0.29) is 12.5 Å². The number of carbonyl (C=O) groups is 1. The third kappa shape index (κ3) is 3.34. The van der Waals surface area contributed by atoms with Crippen LogP contribution >= 0.6 is 11.6 Å². The number of hydrogen-bond acceptors (Lipinski definition) is 4. The lowest BCUT2D eigenvalue weighted by atomic mass is 10.1. The molecule has 7 heteroatoms. The van der Waals surface area contributed by atoms with E-state index >= 15 is 0 Å². The largest absolute Gasteiger partial charge is 0.325 e. The molecule has 2 rings (SSSR count). The van der Waals surface area contributed by atoms with Gasteiger partial charge in [-0.1, -0.05) is 22.9 Å². The van der Waals surface area contributed by atoms with Crippen LogP contribution in [-0.4, -0.2) is 20.9 Å². The van der Waals surface area contributed by atoms with Crippen LogP contribution in [0, 0.1) is 13.8 Å². The fraction of sp³-hybridized carbons (Fsp3) is 0.308. The molecule has 0 saturated heterocycles. The van der Waals surface area contributed by atoms with Gasteiger partial charge in [0.2, 0.25) is 5.91 Å². The van der Waals surface area contributed by atoms with E-state index in [1.165, 1.54) is 4.68 Å². The van der Waals surface area contributed by atoms with Crippen molar-refractivity contribution in [3.05, 3.63) is 40.2 Å². The number of rotatable bonds is 4. The van der Waals surface area contributed by atoms with Crippen LogP contribution in [0.5, 0.6) is 0 Å². The molecule has 106 valence electrons. The lowest BCUT2D eigenvalue weighted by Gasteiger charge is -2.11. The molecule has 0 saturated carbocycles. The Labute approximate surface area is 121 Å². The van der Waals surface area contributed by atoms with Crippen molar-refractivity contribution < 1.29 is 4.79 Å². The summed E-state index contributed by atoms with van der Waals surface area (Å²) >= 11 is 6.14. The van der Waals surface area contributed by atoms with Crippen molar-refractivity contribution in [3.63, 3.8) is 0 Å². The van der Waals surface area contributed by atoms with Crippen LogP contribution in [0.15, 0.2) is 18.3 Å². The Balaban J connectivity index is 2.08. The van der Waals surface area contributed by atoms with Gasteiger partial charge in [0.25, 0.3) is 0 Å². The zero-order valence-corrected chi connectivity index (χ0v) is 12.1. The van der Waals surface area contributed by atoms with Crippen molar-refractivity contribution in [1.29, 1.82) is 0 Å². The van der Waals surface area contributed by atoms with Gasteiger partial charge in [-0.25, -0.2) is 4.68 Å². The van der Waals surface area contributed by atoms with E-state index < -0.39 is 0 Å². The molecule has 0 aliphatic heterocycles. The maximum atomic E-state index is 12.0. The Morgan fingerprint density at radius 2 is 2.20 bits per heavy atom. The van der Waals surface area contributed by atoms with Crippen molar-refractivity contribution >= 4 is 23.2 Å². The van der Waals surface area contributed by atoms with Crippen LogP contribution < -0.4 is 11.1 Å². The molecule has 1 heterocycles. The summed E-state index contributed by atoms with van der Waals surface area (Å²) in [6.07, 6.45) is 1.64. The van der Waals surface area contributed by atoms with Gasteiger partial charge in [-0.3, -0.25) is 4.79 Å². The second-order valence-corrected chi connectivity index (χ2v) is 5.01. The highest BCUT2D eigenvalue weighted by atomic mass is 35.5. The van der Waals surface area contributed by atoms with Crippen LogP contribution in [0.1, 0.15) is 16.8 Å². The number of anilines is 1. The summed E-state index contributed by atoms with van der Waals surface area (Å²) in [4.78, 5) is 12.0. The number of hydrogen-bond donors (Lipinski definition) is 2. The quantitative estimate of drug-likeness (QED) is 0.897. The van der Waals surface area contributed by atoms with E-state index in [4.69, 9.17) is 17.3 Å². The maximum absolute atomic E-state index is 12.0. The molecule has 0 atom stereocenters. The third-order valence-corrected chi connectivity index (χ3v) is 3.10. The Morgan fingerprint density at radius 1 is 1.45 bits per heavy atom. The summed E-state index contributed by atoms with van der Waals surface area (Å²) in [5, 5.41) is 11.0. The number of halogens is 1. The normalized spacial score (nSPS) is 10.6. The average Bonchev–Trinajstić information content (AvgIpc) is 2.81. The van der Waals surface area contributed by atoms with E-state index in [0.29, 0.717) is 22.9 Å². The topological polar surface area (TPSA) is 85.8 Å². The van der Waals surface area contributed by atoms with E-state index in [9.17, 15) is 4.79 Å². The van der Waals surface area contributed by atoms with Crippen LogP contribution in [0.25, 0.3) is 0 Å². The molecule has 0 bridgehead atoms. The Morgan fingerprint density at radius 3 is 2.80 bits per heavy atom. The first-order chi connectivity index (χ1) is 9.49. The summed E-state index contributed by atoms with van der Waals surface area (Å²) in [7, 11) is 0. The second kappa shape index (κ2) is 6.02. The van der Waals surface area contributed by atoms with Crippen molar-refractivity contribution in [3.8, 4) is 0 Å². The van der Waals surface area contributed by atoms with Gasteiger partial charge < -0.3 is 11.1 Å². The Bertz CT molecular complexity index is 614. The van der Waals surface area contributed by atoms with Gasteiger partial charge in [-0.05, 0) is 31.0 Å². The Hall–Kier alpha value is -1.92. The number of benzene rings is 1. The molecule has 1 aromatic heterocycles. The van der Waals surface area contributed by atoms with Gasteiger partial charge in [0.05, 0.1) is 22.6 Å². The molecular formula is C13H16ClN5O. The highest BCUT2D eigenvalue weighted by Gasteiger charge is 2.11.